The number of hydrogen-bond acceptors (Lipinski definition) is 4. The Morgan fingerprint density at radius 2 is 1.49 bits per heavy atom. The summed E-state index contributed by atoms with van der Waals surface area (Å²) in [4.78, 5) is 2.19. The van der Waals surface area contributed by atoms with E-state index < -0.39 is 0 Å². The lowest BCUT2D eigenvalue weighted by atomic mass is 9.88. The standard InChI is InChI=1S/C37H48Cl2N4/c1-27(2)18-21-41-30(5)37(42-22-19-35(31-12-8-6-9-13-31)32-14-10-7-11-15-32)24-29(4)43(26-28(3)40)23-20-33-16-17-34(38)25-36(33)39/h6-17,25,27,35,37,41-42H,3-5,18-24,26,40H2,1-2H3. The Bertz CT molecular complexity index is 1270. The van der Waals surface area contributed by atoms with Gasteiger partial charge in [-0.05, 0) is 60.5 Å². The van der Waals surface area contributed by atoms with Crippen LogP contribution in [0.2, 0.25) is 10.0 Å². The maximum absolute atomic E-state index is 6.47. The average molecular weight is 620 g/mol. The summed E-state index contributed by atoms with van der Waals surface area (Å²) >= 11 is 12.6. The summed E-state index contributed by atoms with van der Waals surface area (Å²) in [7, 11) is 0. The smallest absolute Gasteiger partial charge is 0.0565 e. The minimum atomic E-state index is -0.000446. The van der Waals surface area contributed by atoms with Crippen LogP contribution in [0.5, 0.6) is 0 Å². The number of halogens is 2. The fraction of sp³-hybridized carbons (Fsp3) is 0.351. The molecule has 3 aromatic rings. The molecule has 3 aromatic carbocycles. The second-order valence-electron chi connectivity index (χ2n) is 11.6. The van der Waals surface area contributed by atoms with Crippen LogP contribution in [0.4, 0.5) is 0 Å². The van der Waals surface area contributed by atoms with Crippen molar-refractivity contribution in [3.8, 4) is 0 Å². The van der Waals surface area contributed by atoms with E-state index in [1.54, 1.807) is 6.07 Å². The highest BCUT2D eigenvalue weighted by atomic mass is 35.5. The van der Waals surface area contributed by atoms with Crippen LogP contribution < -0.4 is 16.4 Å². The van der Waals surface area contributed by atoms with Gasteiger partial charge in [-0.2, -0.15) is 0 Å². The van der Waals surface area contributed by atoms with Crippen molar-refractivity contribution in [1.82, 2.24) is 15.5 Å². The van der Waals surface area contributed by atoms with Crippen molar-refractivity contribution in [1.29, 1.82) is 0 Å². The van der Waals surface area contributed by atoms with E-state index in [1.165, 1.54) is 11.1 Å². The van der Waals surface area contributed by atoms with Gasteiger partial charge in [-0.25, -0.2) is 0 Å². The van der Waals surface area contributed by atoms with Crippen molar-refractivity contribution in [2.24, 2.45) is 11.7 Å². The van der Waals surface area contributed by atoms with E-state index in [2.05, 4.69) is 110 Å². The first kappa shape index (κ1) is 34.3. The third-order valence-corrected chi connectivity index (χ3v) is 8.26. The van der Waals surface area contributed by atoms with E-state index in [1.807, 2.05) is 12.1 Å². The third kappa shape index (κ3) is 11.8. The Hall–Kier alpha value is -3.18. The molecule has 0 amide bonds. The van der Waals surface area contributed by atoms with E-state index in [0.717, 1.165) is 49.3 Å². The van der Waals surface area contributed by atoms with E-state index in [0.29, 0.717) is 47.1 Å². The highest BCUT2D eigenvalue weighted by molar-refractivity contribution is 6.35. The van der Waals surface area contributed by atoms with Gasteiger partial charge in [0.2, 0.25) is 0 Å². The van der Waals surface area contributed by atoms with Gasteiger partial charge in [0.05, 0.1) is 12.6 Å². The Balaban J connectivity index is 1.73. The van der Waals surface area contributed by atoms with Crippen molar-refractivity contribution < 1.29 is 0 Å². The molecule has 230 valence electrons. The van der Waals surface area contributed by atoms with Gasteiger partial charge in [0.25, 0.3) is 0 Å². The van der Waals surface area contributed by atoms with Crippen LogP contribution >= 0.6 is 23.2 Å². The summed E-state index contributed by atoms with van der Waals surface area (Å²) in [6.45, 7) is 20.3. The minimum absolute atomic E-state index is 0.000446. The first-order valence-corrected chi connectivity index (χ1v) is 16.0. The molecule has 1 unspecified atom stereocenters. The lowest BCUT2D eigenvalue weighted by Crippen LogP contribution is -2.40. The maximum atomic E-state index is 6.47. The van der Waals surface area contributed by atoms with Gasteiger partial charge in [-0.15, -0.1) is 0 Å². The summed E-state index contributed by atoms with van der Waals surface area (Å²) in [5, 5.41) is 8.69. The van der Waals surface area contributed by atoms with E-state index in [4.69, 9.17) is 28.9 Å². The largest absolute Gasteiger partial charge is 0.401 e. The third-order valence-electron chi connectivity index (χ3n) is 7.67. The highest BCUT2D eigenvalue weighted by Gasteiger charge is 2.20. The van der Waals surface area contributed by atoms with Crippen molar-refractivity contribution in [2.75, 3.05) is 26.2 Å². The SMILES string of the molecule is C=C(N)CN(CCc1ccc(Cl)cc1Cl)C(=C)CC(NCCC(c1ccccc1)c1ccccc1)C(=C)NCCC(C)C. The van der Waals surface area contributed by atoms with Gasteiger partial charge in [-0.1, -0.05) is 124 Å². The predicted molar refractivity (Wildman–Crippen MR) is 187 cm³/mol. The molecule has 0 saturated heterocycles. The second-order valence-corrected chi connectivity index (χ2v) is 12.5. The van der Waals surface area contributed by atoms with Crippen molar-refractivity contribution in [3.63, 3.8) is 0 Å². The zero-order chi connectivity index (χ0) is 31.2. The zero-order valence-electron chi connectivity index (χ0n) is 25.8. The van der Waals surface area contributed by atoms with Gasteiger partial charge in [0.15, 0.2) is 0 Å². The van der Waals surface area contributed by atoms with E-state index in [9.17, 15) is 0 Å². The fourth-order valence-corrected chi connectivity index (χ4v) is 5.70. The summed E-state index contributed by atoms with van der Waals surface area (Å²) in [6.07, 6.45) is 3.46. The molecule has 4 nitrogen and oxygen atoms in total. The number of nitrogens with one attached hydrogen (secondary N) is 2. The fourth-order valence-electron chi connectivity index (χ4n) is 5.20. The number of rotatable bonds is 19. The van der Waals surface area contributed by atoms with Gasteiger partial charge in [-0.3, -0.25) is 0 Å². The lowest BCUT2D eigenvalue weighted by molar-refractivity contribution is 0.348. The first-order chi connectivity index (χ1) is 20.6. The first-order valence-electron chi connectivity index (χ1n) is 15.2. The highest BCUT2D eigenvalue weighted by Crippen LogP contribution is 2.28. The van der Waals surface area contributed by atoms with Gasteiger partial charge >= 0.3 is 0 Å². The number of nitrogens with two attached hydrogens (primary N) is 1. The van der Waals surface area contributed by atoms with Gasteiger partial charge < -0.3 is 21.3 Å². The zero-order valence-corrected chi connectivity index (χ0v) is 27.3. The summed E-state index contributed by atoms with van der Waals surface area (Å²) in [5.41, 5.74) is 12.3. The molecule has 6 heteroatoms. The summed E-state index contributed by atoms with van der Waals surface area (Å²) < 4.78 is 0. The molecule has 0 spiro atoms. The Labute approximate surface area is 269 Å². The van der Waals surface area contributed by atoms with Crippen molar-refractivity contribution in [3.05, 3.63) is 142 Å². The number of hydrogen-bond donors (Lipinski definition) is 3. The average Bonchev–Trinajstić information content (AvgIpc) is 2.98. The van der Waals surface area contributed by atoms with Gasteiger partial charge in [0.1, 0.15) is 0 Å². The normalized spacial score (nSPS) is 11.9. The number of nitrogens with zero attached hydrogens (tertiary/aromatic N) is 1. The Morgan fingerprint density at radius 3 is 2.05 bits per heavy atom. The molecular formula is C37H48Cl2N4. The molecule has 0 aliphatic rings. The topological polar surface area (TPSA) is 53.3 Å². The lowest BCUT2D eigenvalue weighted by Gasteiger charge is -2.31. The molecule has 1 atom stereocenters. The van der Waals surface area contributed by atoms with Gasteiger partial charge in [0, 0.05) is 52.6 Å². The van der Waals surface area contributed by atoms with Crippen LogP contribution in [-0.2, 0) is 6.42 Å². The molecule has 0 fully saturated rings. The Morgan fingerprint density at radius 1 is 0.860 bits per heavy atom. The molecule has 0 bridgehead atoms. The van der Waals surface area contributed by atoms with E-state index in [-0.39, 0.29) is 6.04 Å². The predicted octanol–water partition coefficient (Wildman–Crippen LogP) is 8.54. The molecule has 4 N–H and O–H groups in total. The second kappa shape index (κ2) is 17.8. The van der Waals surface area contributed by atoms with E-state index >= 15 is 0 Å². The molecule has 3 rings (SSSR count). The Kier molecular flexibility index (Phi) is 14.2. The monoisotopic (exact) mass is 618 g/mol. The molecule has 0 saturated carbocycles. The minimum Gasteiger partial charge on any atom is -0.401 e. The molecular weight excluding hydrogens is 571 g/mol. The molecule has 0 aliphatic heterocycles. The quantitative estimate of drug-likeness (QED) is 0.126. The maximum Gasteiger partial charge on any atom is 0.0565 e. The molecule has 43 heavy (non-hydrogen) atoms. The molecule has 0 aromatic heterocycles. The summed E-state index contributed by atoms with van der Waals surface area (Å²) in [6, 6.07) is 27.1. The molecule has 0 radical (unpaired) electrons. The van der Waals surface area contributed by atoms with Crippen LogP contribution in [0.1, 0.15) is 55.7 Å². The van der Waals surface area contributed by atoms with Crippen LogP contribution in [0.15, 0.2) is 116 Å². The molecule has 0 aliphatic carbocycles. The molecule has 0 heterocycles. The van der Waals surface area contributed by atoms with Crippen LogP contribution in [0.3, 0.4) is 0 Å². The van der Waals surface area contributed by atoms with Crippen LogP contribution in [0.25, 0.3) is 0 Å². The van der Waals surface area contributed by atoms with Crippen molar-refractivity contribution in [2.45, 2.75) is 51.5 Å². The van der Waals surface area contributed by atoms with Crippen LogP contribution in [-0.4, -0.2) is 37.1 Å². The van der Waals surface area contributed by atoms with Crippen molar-refractivity contribution >= 4 is 23.2 Å². The number of benzene rings is 3. The van der Waals surface area contributed by atoms with Crippen LogP contribution in [0, 0.1) is 5.92 Å². The summed E-state index contributed by atoms with van der Waals surface area (Å²) in [5.74, 6) is 0.909.